The lowest BCUT2D eigenvalue weighted by atomic mass is 10.5. The van der Waals surface area contributed by atoms with Crippen molar-refractivity contribution in [2.75, 3.05) is 13.2 Å². The SMILES string of the molecule is CCON1C=CN=C(N)C1. The Morgan fingerprint density at radius 2 is 2.70 bits per heavy atom. The zero-order chi connectivity index (χ0) is 7.40. The van der Waals surface area contributed by atoms with E-state index >= 15 is 0 Å². The lowest BCUT2D eigenvalue weighted by Crippen LogP contribution is -2.32. The molecule has 4 heteroatoms. The van der Waals surface area contributed by atoms with E-state index in [1.807, 2.05) is 6.92 Å². The standard InChI is InChI=1S/C6H11N3O/c1-2-10-9-4-3-8-6(7)5-9/h3-4H,2,5H2,1H3,(H2,7,8). The zero-order valence-corrected chi connectivity index (χ0v) is 5.95. The summed E-state index contributed by atoms with van der Waals surface area (Å²) in [4.78, 5) is 8.99. The van der Waals surface area contributed by atoms with Crippen LogP contribution in [0.2, 0.25) is 0 Å². The number of hydrogen-bond donors (Lipinski definition) is 1. The molecule has 1 rings (SSSR count). The van der Waals surface area contributed by atoms with E-state index in [1.54, 1.807) is 17.5 Å². The first-order valence-electron chi connectivity index (χ1n) is 3.21. The zero-order valence-electron chi connectivity index (χ0n) is 5.95. The highest BCUT2D eigenvalue weighted by Crippen LogP contribution is 1.97. The maximum Gasteiger partial charge on any atom is 0.121 e. The molecule has 0 aromatic rings. The molecule has 0 bridgehead atoms. The molecule has 4 nitrogen and oxygen atoms in total. The van der Waals surface area contributed by atoms with Crippen LogP contribution in [0.4, 0.5) is 0 Å². The van der Waals surface area contributed by atoms with Crippen LogP contribution in [0.15, 0.2) is 17.4 Å². The minimum absolute atomic E-state index is 0.560. The van der Waals surface area contributed by atoms with Gasteiger partial charge in [0.15, 0.2) is 0 Å². The van der Waals surface area contributed by atoms with Gasteiger partial charge in [-0.3, -0.25) is 9.90 Å². The van der Waals surface area contributed by atoms with Gasteiger partial charge < -0.3 is 5.73 Å². The van der Waals surface area contributed by atoms with Gasteiger partial charge in [0.25, 0.3) is 0 Å². The second kappa shape index (κ2) is 3.22. The third kappa shape index (κ3) is 1.73. The van der Waals surface area contributed by atoms with E-state index in [0.717, 1.165) is 0 Å². The molecule has 0 spiro atoms. The topological polar surface area (TPSA) is 50.8 Å². The van der Waals surface area contributed by atoms with Crippen molar-refractivity contribution in [1.29, 1.82) is 0 Å². The Hall–Kier alpha value is -1.03. The summed E-state index contributed by atoms with van der Waals surface area (Å²) in [7, 11) is 0. The number of hydrogen-bond acceptors (Lipinski definition) is 4. The Balaban J connectivity index is 2.39. The third-order valence-electron chi connectivity index (χ3n) is 1.09. The van der Waals surface area contributed by atoms with Gasteiger partial charge in [-0.25, -0.2) is 4.99 Å². The first-order chi connectivity index (χ1) is 4.83. The smallest absolute Gasteiger partial charge is 0.121 e. The average molecular weight is 141 g/mol. The molecule has 1 heterocycles. The Bertz CT molecular complexity index is 164. The van der Waals surface area contributed by atoms with Crippen LogP contribution < -0.4 is 5.73 Å². The van der Waals surface area contributed by atoms with Crippen molar-refractivity contribution in [1.82, 2.24) is 5.06 Å². The molecule has 1 aliphatic heterocycles. The van der Waals surface area contributed by atoms with Gasteiger partial charge in [0.1, 0.15) is 12.4 Å². The van der Waals surface area contributed by atoms with Crippen molar-refractivity contribution in [3.05, 3.63) is 12.4 Å². The summed E-state index contributed by atoms with van der Waals surface area (Å²) in [5.41, 5.74) is 5.43. The molecule has 1 aliphatic rings. The van der Waals surface area contributed by atoms with Gasteiger partial charge in [-0.1, -0.05) is 0 Å². The van der Waals surface area contributed by atoms with E-state index in [4.69, 9.17) is 10.6 Å². The Kier molecular flexibility index (Phi) is 2.28. The molecule has 0 amide bonds. The number of hydroxylamine groups is 2. The molecule has 0 atom stereocenters. The lowest BCUT2D eigenvalue weighted by molar-refractivity contribution is -0.104. The maximum atomic E-state index is 5.43. The van der Waals surface area contributed by atoms with Crippen LogP contribution in [-0.4, -0.2) is 24.1 Å². The van der Waals surface area contributed by atoms with Crippen molar-refractivity contribution in [2.24, 2.45) is 10.7 Å². The van der Waals surface area contributed by atoms with Crippen LogP contribution >= 0.6 is 0 Å². The molecular formula is C6H11N3O. The predicted octanol–water partition coefficient (Wildman–Crippen LogP) is 0.0819. The lowest BCUT2D eigenvalue weighted by Gasteiger charge is -2.19. The first-order valence-corrected chi connectivity index (χ1v) is 3.21. The second-order valence-electron chi connectivity index (χ2n) is 1.91. The van der Waals surface area contributed by atoms with Crippen molar-refractivity contribution in [2.45, 2.75) is 6.92 Å². The van der Waals surface area contributed by atoms with E-state index < -0.39 is 0 Å². The summed E-state index contributed by atoms with van der Waals surface area (Å²) >= 11 is 0. The fourth-order valence-electron chi connectivity index (χ4n) is 0.711. The molecular weight excluding hydrogens is 130 g/mol. The molecule has 0 unspecified atom stereocenters. The molecule has 0 radical (unpaired) electrons. The summed E-state index contributed by atoms with van der Waals surface area (Å²) in [6.45, 7) is 3.14. The van der Waals surface area contributed by atoms with E-state index in [-0.39, 0.29) is 0 Å². The van der Waals surface area contributed by atoms with Crippen molar-refractivity contribution < 1.29 is 4.84 Å². The summed E-state index contributed by atoms with van der Waals surface area (Å²) in [6.07, 6.45) is 3.37. The minimum Gasteiger partial charge on any atom is -0.386 e. The van der Waals surface area contributed by atoms with Gasteiger partial charge >= 0.3 is 0 Å². The van der Waals surface area contributed by atoms with Crippen LogP contribution in [0.1, 0.15) is 6.92 Å². The van der Waals surface area contributed by atoms with Gasteiger partial charge in [-0.15, -0.1) is 0 Å². The number of nitrogens with zero attached hydrogens (tertiary/aromatic N) is 2. The Morgan fingerprint density at radius 1 is 1.90 bits per heavy atom. The van der Waals surface area contributed by atoms with Gasteiger partial charge in [0.2, 0.25) is 0 Å². The summed E-state index contributed by atoms with van der Waals surface area (Å²) in [6, 6.07) is 0. The second-order valence-corrected chi connectivity index (χ2v) is 1.91. The minimum atomic E-state index is 0.560. The summed E-state index contributed by atoms with van der Waals surface area (Å²) in [5.74, 6) is 0.580. The van der Waals surface area contributed by atoms with E-state index in [1.165, 1.54) is 0 Å². The summed E-state index contributed by atoms with van der Waals surface area (Å²) < 4.78 is 0. The van der Waals surface area contributed by atoms with Crippen molar-refractivity contribution >= 4 is 5.84 Å². The monoisotopic (exact) mass is 141 g/mol. The molecule has 2 N–H and O–H groups in total. The van der Waals surface area contributed by atoms with Gasteiger partial charge in [-0.05, 0) is 6.92 Å². The highest BCUT2D eigenvalue weighted by atomic mass is 16.7. The number of nitrogens with two attached hydrogens (primary N) is 1. The fourth-order valence-corrected chi connectivity index (χ4v) is 0.711. The Morgan fingerprint density at radius 3 is 3.30 bits per heavy atom. The van der Waals surface area contributed by atoms with Crippen molar-refractivity contribution in [3.63, 3.8) is 0 Å². The average Bonchev–Trinajstić information content (AvgIpc) is 1.88. The highest BCUT2D eigenvalue weighted by Gasteiger charge is 2.03. The molecule has 10 heavy (non-hydrogen) atoms. The highest BCUT2D eigenvalue weighted by molar-refractivity contribution is 5.83. The quantitative estimate of drug-likeness (QED) is 0.592. The molecule has 0 saturated heterocycles. The van der Waals surface area contributed by atoms with Crippen LogP contribution in [0.5, 0.6) is 0 Å². The predicted molar refractivity (Wildman–Crippen MR) is 39.1 cm³/mol. The molecule has 0 saturated carbocycles. The molecule has 0 aromatic carbocycles. The molecule has 0 fully saturated rings. The third-order valence-corrected chi connectivity index (χ3v) is 1.09. The normalized spacial score (nSPS) is 17.3. The number of rotatable bonds is 2. The number of aliphatic imine (C=N–C) groups is 1. The van der Waals surface area contributed by atoms with Crippen molar-refractivity contribution in [3.8, 4) is 0 Å². The largest absolute Gasteiger partial charge is 0.386 e. The molecule has 0 aromatic heterocycles. The first kappa shape index (κ1) is 7.08. The van der Waals surface area contributed by atoms with Crippen LogP contribution in [0.3, 0.4) is 0 Å². The Labute approximate surface area is 59.9 Å². The van der Waals surface area contributed by atoms with Crippen LogP contribution in [0.25, 0.3) is 0 Å². The number of amidine groups is 1. The van der Waals surface area contributed by atoms with Gasteiger partial charge in [-0.2, -0.15) is 0 Å². The van der Waals surface area contributed by atoms with Gasteiger partial charge in [0, 0.05) is 12.4 Å². The van der Waals surface area contributed by atoms with E-state index in [2.05, 4.69) is 4.99 Å². The van der Waals surface area contributed by atoms with Crippen LogP contribution in [0, 0.1) is 0 Å². The van der Waals surface area contributed by atoms with Gasteiger partial charge in [0.05, 0.1) is 6.61 Å². The van der Waals surface area contributed by atoms with E-state index in [0.29, 0.717) is 19.0 Å². The molecule has 56 valence electrons. The fraction of sp³-hybridized carbons (Fsp3) is 0.500. The van der Waals surface area contributed by atoms with E-state index in [9.17, 15) is 0 Å². The maximum absolute atomic E-state index is 5.43. The summed E-state index contributed by atoms with van der Waals surface area (Å²) in [5, 5.41) is 1.66. The van der Waals surface area contributed by atoms with Crippen LogP contribution in [-0.2, 0) is 4.84 Å². The molecule has 0 aliphatic carbocycles.